The summed E-state index contributed by atoms with van der Waals surface area (Å²) in [4.78, 5) is 4.73. The van der Waals surface area contributed by atoms with Gasteiger partial charge in [-0.15, -0.1) is 0 Å². The highest BCUT2D eigenvalue weighted by atomic mass is 35.5. The zero-order valence-electron chi connectivity index (χ0n) is 16.0. The Balaban J connectivity index is 1.67. The Morgan fingerprint density at radius 3 is 2.36 bits per heavy atom. The Labute approximate surface area is 171 Å². The number of benzene rings is 3. The molecular weight excluding hydrogens is 364 g/mol. The molecule has 0 N–H and O–H groups in total. The van der Waals surface area contributed by atoms with Crippen LogP contribution in [0, 0.1) is 0 Å². The lowest BCUT2D eigenvalue weighted by Gasteiger charge is -2.11. The molecule has 0 fully saturated rings. The number of hydrogen-bond donors (Lipinski definition) is 0. The van der Waals surface area contributed by atoms with E-state index < -0.39 is 0 Å². The van der Waals surface area contributed by atoms with Gasteiger partial charge in [0, 0.05) is 22.8 Å². The number of hydrogen-bond acceptors (Lipinski definition) is 1. The first-order valence-corrected chi connectivity index (χ1v) is 10.1. The number of halogens is 1. The first-order chi connectivity index (χ1) is 13.7. The van der Waals surface area contributed by atoms with Crippen molar-refractivity contribution in [1.82, 2.24) is 9.55 Å². The van der Waals surface area contributed by atoms with Gasteiger partial charge in [0.1, 0.15) is 0 Å². The second-order valence-electron chi connectivity index (χ2n) is 6.99. The third-order valence-corrected chi connectivity index (χ3v) is 5.15. The van der Waals surface area contributed by atoms with E-state index in [1.165, 1.54) is 22.4 Å². The van der Waals surface area contributed by atoms with E-state index in [9.17, 15) is 0 Å². The average molecular weight is 387 g/mol. The van der Waals surface area contributed by atoms with Crippen LogP contribution in [0.5, 0.6) is 0 Å². The Bertz CT molecular complexity index is 1070. The third-order valence-electron chi connectivity index (χ3n) is 4.92. The monoisotopic (exact) mass is 386 g/mol. The fraction of sp³-hybridized carbons (Fsp3) is 0.160. The maximum absolute atomic E-state index is 6.20. The van der Waals surface area contributed by atoms with E-state index in [2.05, 4.69) is 66.1 Å². The SMILES string of the molecule is CCCc1c(-c2cccc(Cl)c2)ncn1Cc1cccc(-c2ccccc2)c1. The molecule has 140 valence electrons. The molecule has 0 radical (unpaired) electrons. The van der Waals surface area contributed by atoms with E-state index >= 15 is 0 Å². The molecule has 3 heteroatoms. The van der Waals surface area contributed by atoms with E-state index in [0.717, 1.165) is 35.7 Å². The summed E-state index contributed by atoms with van der Waals surface area (Å²) in [6.45, 7) is 3.01. The molecule has 1 aromatic heterocycles. The van der Waals surface area contributed by atoms with Gasteiger partial charge in [0.15, 0.2) is 0 Å². The summed E-state index contributed by atoms with van der Waals surface area (Å²) in [6.07, 6.45) is 4.01. The van der Waals surface area contributed by atoms with E-state index in [-0.39, 0.29) is 0 Å². The molecule has 0 aliphatic carbocycles. The van der Waals surface area contributed by atoms with Crippen molar-refractivity contribution < 1.29 is 0 Å². The van der Waals surface area contributed by atoms with Gasteiger partial charge in [0.05, 0.1) is 12.0 Å². The van der Waals surface area contributed by atoms with Gasteiger partial charge in [-0.3, -0.25) is 0 Å². The zero-order valence-corrected chi connectivity index (χ0v) is 16.7. The highest BCUT2D eigenvalue weighted by Gasteiger charge is 2.13. The molecule has 0 bridgehead atoms. The summed E-state index contributed by atoms with van der Waals surface area (Å²) >= 11 is 6.20. The Kier molecular flexibility index (Phi) is 5.59. The van der Waals surface area contributed by atoms with Gasteiger partial charge in [-0.2, -0.15) is 0 Å². The van der Waals surface area contributed by atoms with E-state index in [0.29, 0.717) is 0 Å². The lowest BCUT2D eigenvalue weighted by molar-refractivity contribution is 0.724. The highest BCUT2D eigenvalue weighted by Crippen LogP contribution is 2.27. The lowest BCUT2D eigenvalue weighted by Crippen LogP contribution is -2.04. The topological polar surface area (TPSA) is 17.8 Å². The summed E-state index contributed by atoms with van der Waals surface area (Å²) in [6, 6.07) is 27.2. The fourth-order valence-corrected chi connectivity index (χ4v) is 3.79. The van der Waals surface area contributed by atoms with Crippen molar-refractivity contribution in [2.24, 2.45) is 0 Å². The molecule has 4 rings (SSSR count). The van der Waals surface area contributed by atoms with Crippen LogP contribution in [0.4, 0.5) is 0 Å². The first kappa shape index (κ1) is 18.5. The predicted molar refractivity (Wildman–Crippen MR) is 118 cm³/mol. The lowest BCUT2D eigenvalue weighted by atomic mass is 10.0. The number of imidazole rings is 1. The first-order valence-electron chi connectivity index (χ1n) is 9.69. The molecular formula is C25H23ClN2. The van der Waals surface area contributed by atoms with Crippen LogP contribution in [-0.4, -0.2) is 9.55 Å². The van der Waals surface area contributed by atoms with Crippen LogP contribution in [0.25, 0.3) is 22.4 Å². The Hall–Kier alpha value is -2.84. The van der Waals surface area contributed by atoms with Crippen molar-refractivity contribution in [2.45, 2.75) is 26.3 Å². The standard InChI is InChI=1S/C25H23ClN2/c1-2-8-24-25(22-13-7-14-23(26)16-22)27-18-28(24)17-19-9-6-12-21(15-19)20-10-4-3-5-11-20/h3-7,9-16,18H,2,8,17H2,1H3. The summed E-state index contributed by atoms with van der Waals surface area (Å²) < 4.78 is 2.27. The number of aromatic nitrogens is 2. The molecule has 0 unspecified atom stereocenters. The van der Waals surface area contributed by atoms with Gasteiger partial charge in [0.2, 0.25) is 0 Å². The van der Waals surface area contributed by atoms with Crippen molar-refractivity contribution in [2.75, 3.05) is 0 Å². The minimum Gasteiger partial charge on any atom is -0.330 e. The van der Waals surface area contributed by atoms with Crippen LogP contribution in [0.15, 0.2) is 85.2 Å². The molecule has 0 aliphatic heterocycles. The zero-order chi connectivity index (χ0) is 19.3. The molecule has 0 atom stereocenters. The number of rotatable bonds is 6. The van der Waals surface area contributed by atoms with E-state index in [1.807, 2.05) is 30.6 Å². The normalized spacial score (nSPS) is 10.9. The summed E-state index contributed by atoms with van der Waals surface area (Å²) in [7, 11) is 0. The molecule has 2 nitrogen and oxygen atoms in total. The molecule has 28 heavy (non-hydrogen) atoms. The van der Waals surface area contributed by atoms with Crippen LogP contribution < -0.4 is 0 Å². The van der Waals surface area contributed by atoms with Crippen LogP contribution in [0.1, 0.15) is 24.6 Å². The highest BCUT2D eigenvalue weighted by molar-refractivity contribution is 6.30. The van der Waals surface area contributed by atoms with Crippen LogP contribution >= 0.6 is 11.6 Å². The molecule has 0 saturated heterocycles. The van der Waals surface area contributed by atoms with E-state index in [1.54, 1.807) is 0 Å². The molecule has 4 aromatic rings. The van der Waals surface area contributed by atoms with Gasteiger partial charge in [0.25, 0.3) is 0 Å². The predicted octanol–water partition coefficient (Wildman–Crippen LogP) is 6.87. The van der Waals surface area contributed by atoms with Crippen LogP contribution in [0.2, 0.25) is 5.02 Å². The van der Waals surface area contributed by atoms with Gasteiger partial charge in [-0.05, 0) is 41.3 Å². The Morgan fingerprint density at radius 1 is 0.821 bits per heavy atom. The maximum atomic E-state index is 6.20. The van der Waals surface area contributed by atoms with Crippen LogP contribution in [0.3, 0.4) is 0 Å². The largest absolute Gasteiger partial charge is 0.330 e. The smallest absolute Gasteiger partial charge is 0.0959 e. The molecule has 0 spiro atoms. The third kappa shape index (κ3) is 4.02. The minimum atomic E-state index is 0.741. The summed E-state index contributed by atoms with van der Waals surface area (Å²) in [5.41, 5.74) is 7.12. The minimum absolute atomic E-state index is 0.741. The van der Waals surface area contributed by atoms with E-state index in [4.69, 9.17) is 16.6 Å². The van der Waals surface area contributed by atoms with Crippen molar-refractivity contribution in [1.29, 1.82) is 0 Å². The van der Waals surface area contributed by atoms with Crippen molar-refractivity contribution in [3.8, 4) is 22.4 Å². The van der Waals surface area contributed by atoms with Gasteiger partial charge in [-0.1, -0.05) is 85.6 Å². The molecule has 3 aromatic carbocycles. The molecule has 1 heterocycles. The fourth-order valence-electron chi connectivity index (χ4n) is 3.60. The van der Waals surface area contributed by atoms with Gasteiger partial charge >= 0.3 is 0 Å². The second kappa shape index (κ2) is 8.45. The molecule has 0 saturated carbocycles. The summed E-state index contributed by atoms with van der Waals surface area (Å²) in [5.74, 6) is 0. The van der Waals surface area contributed by atoms with Crippen molar-refractivity contribution in [3.05, 3.63) is 101 Å². The van der Waals surface area contributed by atoms with Crippen LogP contribution in [-0.2, 0) is 13.0 Å². The van der Waals surface area contributed by atoms with Gasteiger partial charge in [-0.25, -0.2) is 4.98 Å². The molecule has 0 aliphatic rings. The average Bonchev–Trinajstić information content (AvgIpc) is 3.11. The number of nitrogens with zero attached hydrogens (tertiary/aromatic N) is 2. The van der Waals surface area contributed by atoms with Crippen molar-refractivity contribution >= 4 is 11.6 Å². The summed E-state index contributed by atoms with van der Waals surface area (Å²) in [5, 5.41) is 0.741. The second-order valence-corrected chi connectivity index (χ2v) is 7.43. The Morgan fingerprint density at radius 2 is 1.57 bits per heavy atom. The van der Waals surface area contributed by atoms with Crippen molar-refractivity contribution in [3.63, 3.8) is 0 Å². The molecule has 0 amide bonds. The maximum Gasteiger partial charge on any atom is 0.0959 e. The quantitative estimate of drug-likeness (QED) is 0.353. The van der Waals surface area contributed by atoms with Gasteiger partial charge < -0.3 is 4.57 Å².